The number of carbonyl (C=O) groups excluding carboxylic acids is 1. The van der Waals surface area contributed by atoms with Crippen LogP contribution >= 0.6 is 0 Å². The highest BCUT2D eigenvalue weighted by Crippen LogP contribution is 2.26. The van der Waals surface area contributed by atoms with Gasteiger partial charge in [0.05, 0.1) is 0 Å². The van der Waals surface area contributed by atoms with Crippen LogP contribution in [0.25, 0.3) is 0 Å². The summed E-state index contributed by atoms with van der Waals surface area (Å²) in [5.74, 6) is -0.863. The van der Waals surface area contributed by atoms with E-state index in [1.807, 2.05) is 4.90 Å². The van der Waals surface area contributed by atoms with Crippen LogP contribution in [0.5, 0.6) is 0 Å². The number of carboxylic acids is 1. The molecule has 20 heavy (non-hydrogen) atoms. The molecule has 5 heteroatoms. The predicted octanol–water partition coefficient (Wildman–Crippen LogP) is 2.70. The van der Waals surface area contributed by atoms with Crippen molar-refractivity contribution in [1.29, 1.82) is 0 Å². The second kappa shape index (κ2) is 6.46. The van der Waals surface area contributed by atoms with Gasteiger partial charge in [-0.05, 0) is 46.0 Å². The number of urea groups is 1. The van der Waals surface area contributed by atoms with Crippen molar-refractivity contribution in [2.24, 2.45) is 0 Å². The van der Waals surface area contributed by atoms with Crippen LogP contribution in [0.3, 0.4) is 0 Å². The Morgan fingerprint density at radius 1 is 0.950 bits per heavy atom. The smallest absolute Gasteiger partial charge is 0.326 e. The Kier molecular flexibility index (Phi) is 4.89. The molecule has 1 N–H and O–H groups in total. The van der Waals surface area contributed by atoms with Crippen LogP contribution in [-0.4, -0.2) is 51.6 Å². The molecular weight excluding hydrogens is 256 g/mol. The van der Waals surface area contributed by atoms with E-state index in [0.29, 0.717) is 13.0 Å². The van der Waals surface area contributed by atoms with E-state index in [4.69, 9.17) is 0 Å². The maximum Gasteiger partial charge on any atom is 0.326 e. The molecule has 5 nitrogen and oxygen atoms in total. The monoisotopic (exact) mass is 282 g/mol. The van der Waals surface area contributed by atoms with Crippen LogP contribution in [-0.2, 0) is 4.79 Å². The second-order valence-corrected chi connectivity index (χ2v) is 6.22. The largest absolute Gasteiger partial charge is 0.480 e. The lowest BCUT2D eigenvalue weighted by Crippen LogP contribution is -2.56. The Bertz CT molecular complexity index is 362. The molecule has 3 atom stereocenters. The second-order valence-electron chi connectivity index (χ2n) is 6.22. The summed E-state index contributed by atoms with van der Waals surface area (Å²) in [5.41, 5.74) is 0. The summed E-state index contributed by atoms with van der Waals surface area (Å²) in [4.78, 5) is 27.8. The van der Waals surface area contributed by atoms with Crippen molar-refractivity contribution in [2.45, 2.75) is 76.9 Å². The third-order valence-corrected chi connectivity index (χ3v) is 4.70. The zero-order chi connectivity index (χ0) is 14.7. The summed E-state index contributed by atoms with van der Waals surface area (Å²) in [7, 11) is 0. The normalized spacial score (nSPS) is 31.8. The molecule has 2 aliphatic rings. The molecule has 0 saturated carbocycles. The number of carbonyl (C=O) groups is 2. The van der Waals surface area contributed by atoms with Crippen LogP contribution in [0.2, 0.25) is 0 Å². The molecule has 0 aromatic rings. The summed E-state index contributed by atoms with van der Waals surface area (Å²) in [6.07, 6.45) is 6.58. The molecular formula is C15H26N2O3. The van der Waals surface area contributed by atoms with Crippen molar-refractivity contribution < 1.29 is 14.7 Å². The molecule has 2 saturated heterocycles. The number of hydrogen-bond donors (Lipinski definition) is 1. The molecule has 0 aliphatic carbocycles. The van der Waals surface area contributed by atoms with Gasteiger partial charge in [0, 0.05) is 18.6 Å². The molecule has 0 bridgehead atoms. The van der Waals surface area contributed by atoms with Gasteiger partial charge in [-0.3, -0.25) is 0 Å². The highest BCUT2D eigenvalue weighted by atomic mass is 16.4. The number of hydrogen-bond acceptors (Lipinski definition) is 2. The fraction of sp³-hybridized carbons (Fsp3) is 0.867. The lowest BCUT2D eigenvalue weighted by atomic mass is 9.98. The zero-order valence-corrected chi connectivity index (χ0v) is 12.5. The van der Waals surface area contributed by atoms with Crippen LogP contribution in [0.4, 0.5) is 4.79 Å². The van der Waals surface area contributed by atoms with E-state index in [9.17, 15) is 14.7 Å². The summed E-state index contributed by atoms with van der Waals surface area (Å²) in [5, 5.41) is 9.40. The number of nitrogens with zero attached hydrogens (tertiary/aromatic N) is 2. The van der Waals surface area contributed by atoms with Gasteiger partial charge in [0.1, 0.15) is 6.04 Å². The van der Waals surface area contributed by atoms with E-state index in [0.717, 1.165) is 38.5 Å². The summed E-state index contributed by atoms with van der Waals surface area (Å²) in [6.45, 7) is 4.72. The SMILES string of the molecule is C[C@@H]1CCC[C@H](C)N1C(=O)N1CCCCCC1C(=O)O. The van der Waals surface area contributed by atoms with Crippen molar-refractivity contribution in [1.82, 2.24) is 9.80 Å². The highest BCUT2D eigenvalue weighted by molar-refractivity contribution is 5.83. The van der Waals surface area contributed by atoms with E-state index >= 15 is 0 Å². The van der Waals surface area contributed by atoms with Crippen molar-refractivity contribution in [3.8, 4) is 0 Å². The number of likely N-dealkylation sites (tertiary alicyclic amines) is 2. The first-order valence-electron chi connectivity index (χ1n) is 7.84. The van der Waals surface area contributed by atoms with Gasteiger partial charge >= 0.3 is 12.0 Å². The number of aliphatic carboxylic acids is 1. The highest BCUT2D eigenvalue weighted by Gasteiger charge is 2.37. The molecule has 2 heterocycles. The van der Waals surface area contributed by atoms with E-state index in [2.05, 4.69) is 13.8 Å². The topological polar surface area (TPSA) is 60.9 Å². The molecule has 114 valence electrons. The van der Waals surface area contributed by atoms with E-state index in [-0.39, 0.29) is 18.1 Å². The number of amides is 2. The van der Waals surface area contributed by atoms with Gasteiger partial charge in [-0.25, -0.2) is 9.59 Å². The van der Waals surface area contributed by atoms with Gasteiger partial charge in [0.15, 0.2) is 0 Å². The van der Waals surface area contributed by atoms with Crippen molar-refractivity contribution in [3.05, 3.63) is 0 Å². The van der Waals surface area contributed by atoms with Crippen LogP contribution in [0, 0.1) is 0 Å². The van der Waals surface area contributed by atoms with Crippen molar-refractivity contribution in [2.75, 3.05) is 6.54 Å². The standard InChI is InChI=1S/C15H26N2O3/c1-11-7-6-8-12(2)17(11)15(20)16-10-5-3-4-9-13(16)14(18)19/h11-13H,3-10H2,1-2H3,(H,18,19)/t11-,12+,13?. The number of piperidine rings is 1. The quantitative estimate of drug-likeness (QED) is 0.804. The van der Waals surface area contributed by atoms with Gasteiger partial charge in [-0.1, -0.05) is 12.8 Å². The summed E-state index contributed by atoms with van der Waals surface area (Å²) >= 11 is 0. The Morgan fingerprint density at radius 2 is 1.60 bits per heavy atom. The minimum absolute atomic E-state index is 0.0704. The number of carboxylic acid groups (broad SMARTS) is 1. The van der Waals surface area contributed by atoms with Crippen LogP contribution in [0.1, 0.15) is 58.8 Å². The average Bonchev–Trinajstić information content (AvgIpc) is 2.63. The fourth-order valence-electron chi connectivity index (χ4n) is 3.54. The molecule has 1 unspecified atom stereocenters. The third kappa shape index (κ3) is 3.07. The summed E-state index contributed by atoms with van der Waals surface area (Å²) < 4.78 is 0. The average molecular weight is 282 g/mol. The summed E-state index contributed by atoms with van der Waals surface area (Å²) in [6, 6.07) is -0.293. The van der Waals surface area contributed by atoms with E-state index < -0.39 is 12.0 Å². The van der Waals surface area contributed by atoms with Gasteiger partial charge in [-0.15, -0.1) is 0 Å². The first-order valence-corrected chi connectivity index (χ1v) is 7.84. The molecule has 2 rings (SSSR count). The minimum Gasteiger partial charge on any atom is -0.480 e. The molecule has 0 aromatic carbocycles. The Morgan fingerprint density at radius 3 is 2.20 bits per heavy atom. The van der Waals surface area contributed by atoms with Gasteiger partial charge < -0.3 is 14.9 Å². The van der Waals surface area contributed by atoms with Gasteiger partial charge in [0.25, 0.3) is 0 Å². The Labute approximate surface area is 120 Å². The maximum absolute atomic E-state index is 12.8. The van der Waals surface area contributed by atoms with Gasteiger partial charge in [-0.2, -0.15) is 0 Å². The lowest BCUT2D eigenvalue weighted by Gasteiger charge is -2.42. The molecule has 0 radical (unpaired) electrons. The fourth-order valence-corrected chi connectivity index (χ4v) is 3.54. The van der Waals surface area contributed by atoms with Crippen LogP contribution < -0.4 is 0 Å². The number of rotatable bonds is 1. The minimum atomic E-state index is -0.863. The van der Waals surface area contributed by atoms with E-state index in [1.54, 1.807) is 4.90 Å². The molecule has 2 fully saturated rings. The van der Waals surface area contributed by atoms with Gasteiger partial charge in [0.2, 0.25) is 0 Å². The van der Waals surface area contributed by atoms with Crippen LogP contribution in [0.15, 0.2) is 0 Å². The Balaban J connectivity index is 2.17. The van der Waals surface area contributed by atoms with Crippen molar-refractivity contribution in [3.63, 3.8) is 0 Å². The Hall–Kier alpha value is -1.26. The lowest BCUT2D eigenvalue weighted by molar-refractivity contribution is -0.142. The molecule has 2 amide bonds. The maximum atomic E-state index is 12.8. The third-order valence-electron chi connectivity index (χ3n) is 4.70. The first kappa shape index (κ1) is 15.1. The van der Waals surface area contributed by atoms with Crippen molar-refractivity contribution >= 4 is 12.0 Å². The predicted molar refractivity (Wildman–Crippen MR) is 76.6 cm³/mol. The molecule has 2 aliphatic heterocycles. The van der Waals surface area contributed by atoms with E-state index in [1.165, 1.54) is 0 Å². The molecule has 0 spiro atoms. The molecule has 0 aromatic heterocycles. The first-order chi connectivity index (χ1) is 9.52. The zero-order valence-electron chi connectivity index (χ0n) is 12.5.